The lowest BCUT2D eigenvalue weighted by molar-refractivity contribution is -0.374. The lowest BCUT2D eigenvalue weighted by atomic mass is 9.95. The minimum Gasteiger partial charge on any atom is -0.374 e. The molecule has 7 aromatic rings. The van der Waals surface area contributed by atoms with Crippen LogP contribution in [0.1, 0.15) is 38.9 Å². The van der Waals surface area contributed by atoms with Gasteiger partial charge in [0.05, 0.1) is 59.5 Å². The highest BCUT2D eigenvalue weighted by Crippen LogP contribution is 2.36. The molecule has 374 valence electrons. The van der Waals surface area contributed by atoms with Crippen molar-refractivity contribution >= 4 is 0 Å². The monoisotopic (exact) mass is 972 g/mol. The van der Waals surface area contributed by atoms with Gasteiger partial charge in [0.15, 0.2) is 12.6 Å². The maximum absolute atomic E-state index is 12.0. The van der Waals surface area contributed by atoms with Crippen LogP contribution >= 0.6 is 0 Å². The van der Waals surface area contributed by atoms with Gasteiger partial charge in [0.1, 0.15) is 48.8 Å². The van der Waals surface area contributed by atoms with Crippen molar-refractivity contribution in [2.75, 3.05) is 13.2 Å². The zero-order valence-electron chi connectivity index (χ0n) is 40.4. The average Bonchev–Trinajstić information content (AvgIpc) is 3.43. The normalized spacial score (nSPS) is 24.2. The van der Waals surface area contributed by atoms with Crippen molar-refractivity contribution in [3.63, 3.8) is 0 Å². The Morgan fingerprint density at radius 3 is 0.931 bits per heavy atom. The Labute approximate surface area is 423 Å². The molecule has 2 saturated heterocycles. The van der Waals surface area contributed by atoms with Crippen molar-refractivity contribution in [2.24, 2.45) is 0 Å². The maximum Gasteiger partial charge on any atom is 0.187 e. The standard InChI is InChI=1S/C61H64O11/c62-60-58(68-41-50-32-18-6-19-33-50)57(67-40-49-30-16-5-17-31-49)55(53(70-60)44-64-37-46-24-10-2-11-25-46)72-61-59(69-42-51-34-20-7-21-35-51)56(66-39-48-28-14-4-15-29-48)54(65-38-47-26-12-3-13-27-47)52(71-61)43-63-36-45-22-8-1-9-23-45/h1-35,52-62H,36-44H2/t52?,53?,54-,55-,56?,57?,58?,59?,60+,61-/m0/s1. The second kappa shape index (κ2) is 27.2. The summed E-state index contributed by atoms with van der Waals surface area (Å²) >= 11 is 0. The van der Waals surface area contributed by atoms with Crippen LogP contribution in [0.15, 0.2) is 212 Å². The lowest BCUT2D eigenvalue weighted by Gasteiger charge is -2.49. The predicted octanol–water partition coefficient (Wildman–Crippen LogP) is 10.2. The molecule has 2 aliphatic rings. The third-order valence-electron chi connectivity index (χ3n) is 12.7. The van der Waals surface area contributed by atoms with Gasteiger partial charge in [-0.2, -0.15) is 0 Å². The molecule has 0 bridgehead atoms. The van der Waals surface area contributed by atoms with Crippen molar-refractivity contribution in [3.8, 4) is 0 Å². The molecular weight excluding hydrogens is 909 g/mol. The van der Waals surface area contributed by atoms with Crippen molar-refractivity contribution in [1.82, 2.24) is 0 Å². The van der Waals surface area contributed by atoms with E-state index in [2.05, 4.69) is 0 Å². The summed E-state index contributed by atoms with van der Waals surface area (Å²) in [6.07, 6.45) is -9.37. The van der Waals surface area contributed by atoms with E-state index >= 15 is 0 Å². The number of ether oxygens (including phenoxy) is 10. The summed E-state index contributed by atoms with van der Waals surface area (Å²) in [4.78, 5) is 0. The summed E-state index contributed by atoms with van der Waals surface area (Å²) in [5, 5.41) is 12.0. The van der Waals surface area contributed by atoms with Crippen LogP contribution in [0.2, 0.25) is 0 Å². The first-order chi connectivity index (χ1) is 35.6. The Bertz CT molecular complexity index is 2550. The summed E-state index contributed by atoms with van der Waals surface area (Å²) in [6, 6.07) is 69.6. The second-order valence-corrected chi connectivity index (χ2v) is 18.0. The van der Waals surface area contributed by atoms with E-state index < -0.39 is 61.4 Å². The first-order valence-corrected chi connectivity index (χ1v) is 24.8. The molecule has 7 aromatic carbocycles. The molecule has 72 heavy (non-hydrogen) atoms. The average molecular weight is 973 g/mol. The van der Waals surface area contributed by atoms with Crippen LogP contribution in [-0.2, 0) is 93.6 Å². The van der Waals surface area contributed by atoms with E-state index in [9.17, 15) is 5.11 Å². The Balaban J connectivity index is 1.10. The van der Waals surface area contributed by atoms with Gasteiger partial charge in [0, 0.05) is 0 Å². The number of hydrogen-bond donors (Lipinski definition) is 1. The van der Waals surface area contributed by atoms with E-state index in [1.165, 1.54) is 0 Å². The predicted molar refractivity (Wildman–Crippen MR) is 272 cm³/mol. The molecule has 11 nitrogen and oxygen atoms in total. The molecule has 0 radical (unpaired) electrons. The quantitative estimate of drug-likeness (QED) is 0.0591. The largest absolute Gasteiger partial charge is 0.374 e. The zero-order valence-corrected chi connectivity index (χ0v) is 40.4. The minimum absolute atomic E-state index is 0.0375. The molecule has 9 rings (SSSR count). The van der Waals surface area contributed by atoms with Crippen LogP contribution < -0.4 is 0 Å². The SMILES string of the molecule is O[C@@H]1OC(COCc2ccccc2)[C@H](O[C@@H]2OC(COCc3ccccc3)[C@H](OCc3ccccc3)C(OCc3ccccc3)C2OCc2ccccc2)C(OCc2ccccc2)C1OCc1ccccc1. The number of aliphatic hydroxyl groups excluding tert-OH is 1. The fraction of sp³-hybridized carbons (Fsp3) is 0.311. The van der Waals surface area contributed by atoms with Gasteiger partial charge in [-0.25, -0.2) is 0 Å². The third kappa shape index (κ3) is 14.8. The first-order valence-electron chi connectivity index (χ1n) is 24.8. The van der Waals surface area contributed by atoms with E-state index in [0.717, 1.165) is 38.9 Å². The highest BCUT2D eigenvalue weighted by Gasteiger charge is 2.54. The van der Waals surface area contributed by atoms with Crippen molar-refractivity contribution in [1.29, 1.82) is 0 Å². The molecule has 1 N–H and O–H groups in total. The van der Waals surface area contributed by atoms with Gasteiger partial charge in [0.2, 0.25) is 0 Å². The number of benzene rings is 7. The maximum atomic E-state index is 12.0. The van der Waals surface area contributed by atoms with Crippen LogP contribution in [0.25, 0.3) is 0 Å². The minimum atomic E-state index is -1.41. The molecular formula is C61H64O11. The van der Waals surface area contributed by atoms with Crippen molar-refractivity contribution in [3.05, 3.63) is 251 Å². The number of aliphatic hydroxyl groups is 1. The molecule has 0 saturated carbocycles. The van der Waals surface area contributed by atoms with Crippen LogP contribution in [0, 0.1) is 0 Å². The Kier molecular flexibility index (Phi) is 19.3. The van der Waals surface area contributed by atoms with E-state index in [0.29, 0.717) is 13.2 Å². The second-order valence-electron chi connectivity index (χ2n) is 18.0. The van der Waals surface area contributed by atoms with E-state index in [1.807, 2.05) is 212 Å². The molecule has 0 aliphatic carbocycles. The van der Waals surface area contributed by atoms with Gasteiger partial charge >= 0.3 is 0 Å². The van der Waals surface area contributed by atoms with Crippen molar-refractivity contribution in [2.45, 2.75) is 108 Å². The lowest BCUT2D eigenvalue weighted by Crippen LogP contribution is -2.66. The fourth-order valence-electron chi connectivity index (χ4n) is 8.97. The molecule has 0 aromatic heterocycles. The Hall–Kier alpha value is -5.90. The first kappa shape index (κ1) is 51.0. The van der Waals surface area contributed by atoms with Crippen LogP contribution in [0.5, 0.6) is 0 Å². The molecule has 2 fully saturated rings. The number of rotatable bonds is 25. The summed E-state index contributed by atoms with van der Waals surface area (Å²) in [6.45, 7) is 1.91. The highest BCUT2D eigenvalue weighted by atomic mass is 16.8. The summed E-state index contributed by atoms with van der Waals surface area (Å²) in [5.41, 5.74) is 6.75. The summed E-state index contributed by atoms with van der Waals surface area (Å²) in [5.74, 6) is 0. The van der Waals surface area contributed by atoms with Gasteiger partial charge in [-0.15, -0.1) is 0 Å². The molecule has 2 aliphatic heterocycles. The van der Waals surface area contributed by atoms with Crippen LogP contribution in [0.3, 0.4) is 0 Å². The van der Waals surface area contributed by atoms with Crippen LogP contribution in [0.4, 0.5) is 0 Å². The molecule has 11 heteroatoms. The van der Waals surface area contributed by atoms with Crippen molar-refractivity contribution < 1.29 is 52.5 Å². The van der Waals surface area contributed by atoms with Crippen LogP contribution in [-0.4, -0.2) is 79.7 Å². The molecule has 2 heterocycles. The van der Waals surface area contributed by atoms with Gasteiger partial charge in [-0.1, -0.05) is 212 Å². The van der Waals surface area contributed by atoms with E-state index in [4.69, 9.17) is 47.4 Å². The zero-order chi connectivity index (χ0) is 49.0. The Morgan fingerprint density at radius 1 is 0.292 bits per heavy atom. The molecule has 10 atom stereocenters. The van der Waals surface area contributed by atoms with Gasteiger partial charge in [-0.05, 0) is 38.9 Å². The van der Waals surface area contributed by atoms with Gasteiger partial charge in [-0.3, -0.25) is 0 Å². The fourth-order valence-corrected chi connectivity index (χ4v) is 8.97. The smallest absolute Gasteiger partial charge is 0.187 e. The van der Waals surface area contributed by atoms with E-state index in [1.54, 1.807) is 0 Å². The summed E-state index contributed by atoms with van der Waals surface area (Å²) in [7, 11) is 0. The third-order valence-corrected chi connectivity index (χ3v) is 12.7. The van der Waals surface area contributed by atoms with Gasteiger partial charge in [0.25, 0.3) is 0 Å². The van der Waals surface area contributed by atoms with E-state index in [-0.39, 0.29) is 46.2 Å². The molecule has 0 spiro atoms. The summed E-state index contributed by atoms with van der Waals surface area (Å²) < 4.78 is 68.6. The van der Waals surface area contributed by atoms with Gasteiger partial charge < -0.3 is 52.5 Å². The highest BCUT2D eigenvalue weighted by molar-refractivity contribution is 5.19. The topological polar surface area (TPSA) is 113 Å². The molecule has 6 unspecified atom stereocenters. The molecule has 0 amide bonds. The Morgan fingerprint density at radius 2 is 0.569 bits per heavy atom. The number of hydrogen-bond acceptors (Lipinski definition) is 11.